The number of carbonyl (C=O) groups excluding carboxylic acids is 1. The first-order valence-electron chi connectivity index (χ1n) is 10.6. The highest BCUT2D eigenvalue weighted by molar-refractivity contribution is 7.99. The van der Waals surface area contributed by atoms with Gasteiger partial charge in [0.1, 0.15) is 5.03 Å². The first-order valence-corrected chi connectivity index (χ1v) is 11.8. The topological polar surface area (TPSA) is 72.2 Å². The van der Waals surface area contributed by atoms with Crippen LogP contribution in [-0.4, -0.2) is 25.5 Å². The molecule has 0 aliphatic rings. The molecule has 0 bridgehead atoms. The number of anilines is 1. The number of hydrogen-bond donors (Lipinski definition) is 1. The summed E-state index contributed by atoms with van der Waals surface area (Å²) in [4.78, 5) is 23.0. The summed E-state index contributed by atoms with van der Waals surface area (Å²) < 4.78 is 1.77. The van der Waals surface area contributed by atoms with Crippen molar-refractivity contribution in [3.05, 3.63) is 101 Å². The Bertz CT molecular complexity index is 1500. The number of nitrogens with zero attached hydrogens (tertiary/aromatic N) is 4. The van der Waals surface area contributed by atoms with Crippen LogP contribution >= 0.6 is 23.4 Å². The maximum atomic E-state index is 12.8. The average molecular weight is 486 g/mol. The molecule has 2 aromatic heterocycles. The van der Waals surface area contributed by atoms with Crippen molar-refractivity contribution in [1.29, 1.82) is 0 Å². The molecular weight excluding hydrogens is 466 g/mol. The Hall–Kier alpha value is -3.68. The van der Waals surface area contributed by atoms with Crippen molar-refractivity contribution in [3.63, 3.8) is 0 Å². The summed E-state index contributed by atoms with van der Waals surface area (Å²) in [5.74, 6) is 0.945. The molecule has 2 heterocycles. The van der Waals surface area contributed by atoms with Crippen molar-refractivity contribution in [2.75, 3.05) is 5.32 Å². The zero-order valence-corrected chi connectivity index (χ0v) is 20.1. The third kappa shape index (κ3) is 4.40. The summed E-state index contributed by atoms with van der Waals surface area (Å²) in [7, 11) is 0. The molecule has 5 aromatic rings. The number of benzene rings is 3. The number of carbonyl (C=O) groups is 1. The van der Waals surface area contributed by atoms with Gasteiger partial charge in [0.05, 0.1) is 5.69 Å². The summed E-state index contributed by atoms with van der Waals surface area (Å²) in [5.41, 5.74) is 4.05. The lowest BCUT2D eigenvalue weighted by atomic mass is 10.2. The number of nitrogens with one attached hydrogen (secondary N) is 1. The van der Waals surface area contributed by atoms with Crippen LogP contribution in [0.15, 0.2) is 88.8 Å². The number of fused-ring (bicyclic) bond motifs is 1. The molecule has 1 N–H and O–H groups in total. The van der Waals surface area contributed by atoms with Crippen LogP contribution in [0.1, 0.15) is 21.6 Å². The number of para-hydroxylation sites is 1. The third-order valence-electron chi connectivity index (χ3n) is 5.39. The second-order valence-electron chi connectivity index (χ2n) is 7.70. The van der Waals surface area contributed by atoms with Gasteiger partial charge < -0.3 is 5.32 Å². The highest BCUT2D eigenvalue weighted by Crippen LogP contribution is 2.36. The van der Waals surface area contributed by atoms with Crippen LogP contribution in [0.3, 0.4) is 0 Å². The maximum absolute atomic E-state index is 12.8. The highest BCUT2D eigenvalue weighted by Gasteiger charge is 2.18. The predicted octanol–water partition coefficient (Wildman–Crippen LogP) is 6.47. The predicted molar refractivity (Wildman–Crippen MR) is 136 cm³/mol. The van der Waals surface area contributed by atoms with Gasteiger partial charge in [-0.3, -0.25) is 4.79 Å². The van der Waals surface area contributed by atoms with Gasteiger partial charge in [-0.15, -0.1) is 5.10 Å². The van der Waals surface area contributed by atoms with Gasteiger partial charge in [0.15, 0.2) is 5.82 Å². The molecule has 34 heavy (non-hydrogen) atoms. The monoisotopic (exact) mass is 485 g/mol. The van der Waals surface area contributed by atoms with Gasteiger partial charge in [0.2, 0.25) is 0 Å². The molecule has 168 valence electrons. The van der Waals surface area contributed by atoms with E-state index in [1.807, 2.05) is 68.4 Å². The fraction of sp³-hybridized carbons (Fsp3) is 0.0769. The van der Waals surface area contributed by atoms with Crippen molar-refractivity contribution in [1.82, 2.24) is 19.6 Å². The van der Waals surface area contributed by atoms with Gasteiger partial charge in [-0.2, -0.15) is 9.50 Å². The molecule has 0 saturated carbocycles. The molecule has 5 rings (SSSR count). The Labute approximate surface area is 206 Å². The van der Waals surface area contributed by atoms with Crippen molar-refractivity contribution < 1.29 is 4.79 Å². The molecule has 3 aromatic carbocycles. The zero-order chi connectivity index (χ0) is 23.7. The Morgan fingerprint density at radius 2 is 1.62 bits per heavy atom. The van der Waals surface area contributed by atoms with E-state index in [1.165, 1.54) is 11.8 Å². The zero-order valence-electron chi connectivity index (χ0n) is 18.5. The molecule has 6 nitrogen and oxygen atoms in total. The molecule has 0 aliphatic heterocycles. The molecule has 0 spiro atoms. The van der Waals surface area contributed by atoms with Crippen molar-refractivity contribution in [3.8, 4) is 11.4 Å². The molecule has 0 radical (unpaired) electrons. The standard InChI is InChI=1S/C26H20ClN5OS/c1-16-17(2)28-26-30-23(18-8-4-3-5-9-18)31-32(26)25(16)34-22-11-7-6-10-21(22)29-24(33)19-12-14-20(27)15-13-19/h3-15H,1-2H3,(H,29,33). The maximum Gasteiger partial charge on any atom is 0.255 e. The number of aromatic nitrogens is 4. The molecule has 1 amide bonds. The molecule has 0 aliphatic carbocycles. The summed E-state index contributed by atoms with van der Waals surface area (Å²) in [6.45, 7) is 3.98. The fourth-order valence-electron chi connectivity index (χ4n) is 3.45. The minimum absolute atomic E-state index is 0.204. The fourth-order valence-corrected chi connectivity index (χ4v) is 4.67. The number of rotatable bonds is 5. The summed E-state index contributed by atoms with van der Waals surface area (Å²) in [6, 6.07) is 24.3. The SMILES string of the molecule is Cc1nc2nc(-c3ccccc3)nn2c(Sc2ccccc2NC(=O)c2ccc(Cl)cc2)c1C. The van der Waals surface area contributed by atoms with Gasteiger partial charge in [0, 0.05) is 32.3 Å². The molecule has 0 saturated heterocycles. The van der Waals surface area contributed by atoms with E-state index in [1.54, 1.807) is 28.8 Å². The summed E-state index contributed by atoms with van der Waals surface area (Å²) >= 11 is 7.47. The quantitative estimate of drug-likeness (QED) is 0.289. The van der Waals surface area contributed by atoms with E-state index in [0.717, 1.165) is 26.7 Å². The van der Waals surface area contributed by atoms with Gasteiger partial charge in [-0.25, -0.2) is 4.98 Å². The van der Waals surface area contributed by atoms with E-state index in [-0.39, 0.29) is 5.91 Å². The largest absolute Gasteiger partial charge is 0.321 e. The van der Waals surface area contributed by atoms with Gasteiger partial charge in [-0.1, -0.05) is 65.8 Å². The van der Waals surface area contributed by atoms with Crippen molar-refractivity contribution in [2.45, 2.75) is 23.8 Å². The molecule has 8 heteroatoms. The van der Waals surface area contributed by atoms with Crippen LogP contribution in [0.4, 0.5) is 5.69 Å². The number of amides is 1. The minimum Gasteiger partial charge on any atom is -0.321 e. The van der Waals surface area contributed by atoms with Gasteiger partial charge in [-0.05, 0) is 50.2 Å². The lowest BCUT2D eigenvalue weighted by molar-refractivity contribution is 0.102. The van der Waals surface area contributed by atoms with E-state index in [2.05, 4.69) is 15.3 Å². The lowest BCUT2D eigenvalue weighted by Gasteiger charge is -2.13. The Morgan fingerprint density at radius 3 is 2.38 bits per heavy atom. The smallest absolute Gasteiger partial charge is 0.255 e. The molecule has 0 fully saturated rings. The van der Waals surface area contributed by atoms with Crippen LogP contribution in [-0.2, 0) is 0 Å². The van der Waals surface area contributed by atoms with E-state index in [4.69, 9.17) is 16.7 Å². The number of hydrogen-bond acceptors (Lipinski definition) is 5. The Morgan fingerprint density at radius 1 is 0.912 bits per heavy atom. The van der Waals surface area contributed by atoms with Crippen LogP contribution in [0.2, 0.25) is 5.02 Å². The first-order chi connectivity index (χ1) is 16.5. The second kappa shape index (κ2) is 9.29. The van der Waals surface area contributed by atoms with E-state index in [0.29, 0.717) is 27.9 Å². The number of aryl methyl sites for hydroxylation is 1. The van der Waals surface area contributed by atoms with E-state index in [9.17, 15) is 4.79 Å². The molecule has 0 unspecified atom stereocenters. The Balaban J connectivity index is 1.52. The first kappa shape index (κ1) is 22.1. The van der Waals surface area contributed by atoms with Gasteiger partial charge in [0.25, 0.3) is 11.7 Å². The lowest BCUT2D eigenvalue weighted by Crippen LogP contribution is -2.12. The van der Waals surface area contributed by atoms with Crippen LogP contribution < -0.4 is 5.32 Å². The molecular formula is C26H20ClN5OS. The van der Waals surface area contributed by atoms with E-state index < -0.39 is 0 Å². The normalized spacial score (nSPS) is 11.0. The second-order valence-corrected chi connectivity index (χ2v) is 9.17. The van der Waals surface area contributed by atoms with E-state index >= 15 is 0 Å². The Kier molecular flexibility index (Phi) is 6.04. The summed E-state index contributed by atoms with van der Waals surface area (Å²) in [6.07, 6.45) is 0. The minimum atomic E-state index is -0.204. The highest BCUT2D eigenvalue weighted by atomic mass is 35.5. The van der Waals surface area contributed by atoms with Crippen molar-refractivity contribution in [2.24, 2.45) is 0 Å². The average Bonchev–Trinajstić information content (AvgIpc) is 3.27. The number of halogens is 1. The van der Waals surface area contributed by atoms with Crippen LogP contribution in [0.5, 0.6) is 0 Å². The molecule has 0 atom stereocenters. The van der Waals surface area contributed by atoms with Gasteiger partial charge >= 0.3 is 0 Å². The van der Waals surface area contributed by atoms with Crippen molar-refractivity contribution >= 4 is 40.7 Å². The summed E-state index contributed by atoms with van der Waals surface area (Å²) in [5, 5.41) is 9.25. The van der Waals surface area contributed by atoms with Crippen LogP contribution in [0.25, 0.3) is 17.2 Å². The third-order valence-corrected chi connectivity index (χ3v) is 6.89. The van der Waals surface area contributed by atoms with Crippen LogP contribution in [0, 0.1) is 13.8 Å².